The molecule has 2 nitrogen and oxygen atoms in total. The Morgan fingerprint density at radius 3 is 2.12 bits per heavy atom. The van der Waals surface area contributed by atoms with Crippen molar-refractivity contribution in [1.82, 2.24) is 0 Å². The van der Waals surface area contributed by atoms with Crippen LogP contribution >= 0.6 is 0 Å². The van der Waals surface area contributed by atoms with Gasteiger partial charge in [-0.3, -0.25) is 4.79 Å². The molecule has 1 aromatic carbocycles. The van der Waals surface area contributed by atoms with E-state index in [1.54, 1.807) is 19.1 Å². The van der Waals surface area contributed by atoms with Crippen LogP contribution in [0, 0.1) is 6.07 Å². The van der Waals surface area contributed by atoms with Crippen LogP contribution in [0.4, 0.5) is 17.3 Å². The smallest absolute Gasteiger partial charge is 0.418 e. The van der Waals surface area contributed by atoms with E-state index in [2.05, 4.69) is 10.9 Å². The lowest BCUT2D eigenvalue weighted by molar-refractivity contribution is 0.101. The van der Waals surface area contributed by atoms with Gasteiger partial charge in [0, 0.05) is 5.56 Å². The summed E-state index contributed by atoms with van der Waals surface area (Å²) in [5.74, 6) is 0.0324. The van der Waals surface area contributed by atoms with Crippen LogP contribution in [0.5, 0.6) is 0 Å². The van der Waals surface area contributed by atoms with E-state index in [0.717, 1.165) is 0 Å². The molecular formula is C10H10BF4NO. The van der Waals surface area contributed by atoms with Crippen molar-refractivity contribution in [3.8, 4) is 6.07 Å². The Labute approximate surface area is 96.2 Å². The molecule has 1 rings (SSSR count). The second-order valence-corrected chi connectivity index (χ2v) is 2.82. The van der Waals surface area contributed by atoms with Gasteiger partial charge in [-0.1, -0.05) is 35.2 Å². The van der Waals surface area contributed by atoms with Crippen molar-refractivity contribution in [3.63, 3.8) is 0 Å². The van der Waals surface area contributed by atoms with Crippen LogP contribution in [0.2, 0.25) is 0 Å². The standard InChI is InChI=1S/C10H10NO.BF4/c1-2-11-8-10(12)9-6-4-3-5-7-9;2-1(3,4)5/h3-7H,8H2,1H3;/q+1;-1. The van der Waals surface area contributed by atoms with Gasteiger partial charge in [0.05, 0.1) is 6.92 Å². The molecule has 1 aromatic rings. The van der Waals surface area contributed by atoms with Crippen LogP contribution in [-0.4, -0.2) is 19.6 Å². The van der Waals surface area contributed by atoms with Crippen LogP contribution in [0.3, 0.4) is 0 Å². The van der Waals surface area contributed by atoms with Gasteiger partial charge in [0.25, 0.3) is 6.07 Å². The maximum atomic E-state index is 11.3. The van der Waals surface area contributed by atoms with Gasteiger partial charge >= 0.3 is 13.8 Å². The minimum atomic E-state index is -6.00. The topological polar surface area (TPSA) is 21.4 Å². The predicted molar refractivity (Wildman–Crippen MR) is 58.7 cm³/mol. The molecule has 0 radical (unpaired) electrons. The third-order valence-corrected chi connectivity index (χ3v) is 1.48. The molecule has 0 saturated heterocycles. The molecule has 0 atom stereocenters. The molecule has 0 aliphatic rings. The van der Waals surface area contributed by atoms with Crippen molar-refractivity contribution in [2.75, 3.05) is 6.54 Å². The second kappa shape index (κ2) is 7.44. The van der Waals surface area contributed by atoms with Gasteiger partial charge in [-0.25, -0.2) is 0 Å². The minimum absolute atomic E-state index is 0.0324. The highest BCUT2D eigenvalue weighted by Gasteiger charge is 2.20. The Balaban J connectivity index is 0.000000437. The summed E-state index contributed by atoms with van der Waals surface area (Å²) in [6, 6.07) is 11.7. The predicted octanol–water partition coefficient (Wildman–Crippen LogP) is 3.52. The summed E-state index contributed by atoms with van der Waals surface area (Å²) >= 11 is 0. The first-order valence-electron chi connectivity index (χ1n) is 4.63. The average molecular weight is 247 g/mol. The maximum absolute atomic E-state index is 11.3. The number of nitrogens with zero attached hydrogens (tertiary/aromatic N) is 1. The highest BCUT2D eigenvalue weighted by atomic mass is 19.5. The Morgan fingerprint density at radius 2 is 1.71 bits per heavy atom. The number of Topliss-reactive ketones (excluding diaryl/α,β-unsaturated/α-hetero) is 1. The summed E-state index contributed by atoms with van der Waals surface area (Å²) in [5, 5.41) is 0. The quantitative estimate of drug-likeness (QED) is 0.445. The highest BCUT2D eigenvalue weighted by molar-refractivity contribution is 6.50. The highest BCUT2D eigenvalue weighted by Crippen LogP contribution is 2.06. The van der Waals surface area contributed by atoms with E-state index in [1.165, 1.54) is 0 Å². The summed E-state index contributed by atoms with van der Waals surface area (Å²) in [4.78, 5) is 15.0. The second-order valence-electron chi connectivity index (χ2n) is 2.82. The molecular weight excluding hydrogens is 237 g/mol. The van der Waals surface area contributed by atoms with E-state index in [9.17, 15) is 22.1 Å². The summed E-state index contributed by atoms with van der Waals surface area (Å²) in [6.45, 7) is 1.87. The molecule has 92 valence electrons. The summed E-state index contributed by atoms with van der Waals surface area (Å²) in [6.07, 6.45) is 0. The zero-order valence-corrected chi connectivity index (χ0v) is 9.04. The molecule has 0 heterocycles. The molecule has 0 aromatic heterocycles. The zero-order valence-electron chi connectivity index (χ0n) is 9.04. The average Bonchev–Trinajstić information content (AvgIpc) is 2.25. The van der Waals surface area contributed by atoms with Crippen molar-refractivity contribution in [1.29, 1.82) is 0 Å². The first kappa shape index (κ1) is 15.2. The van der Waals surface area contributed by atoms with Gasteiger partial charge in [-0.2, -0.15) is 0 Å². The number of hydrogen-bond acceptors (Lipinski definition) is 1. The van der Waals surface area contributed by atoms with E-state index in [4.69, 9.17) is 0 Å². The van der Waals surface area contributed by atoms with Crippen molar-refractivity contribution < 1.29 is 22.1 Å². The Kier molecular flexibility index (Phi) is 6.64. The molecule has 17 heavy (non-hydrogen) atoms. The number of halogens is 4. The third kappa shape index (κ3) is 10.4. The zero-order chi connectivity index (χ0) is 13.3. The normalized spacial score (nSPS) is 9.47. The molecule has 0 fully saturated rings. The number of hydrogen-bond donors (Lipinski definition) is 0. The van der Waals surface area contributed by atoms with Crippen LogP contribution in [0.15, 0.2) is 30.3 Å². The molecule has 0 saturated carbocycles. The molecule has 0 aliphatic carbocycles. The van der Waals surface area contributed by atoms with Crippen molar-refractivity contribution in [3.05, 3.63) is 40.7 Å². The van der Waals surface area contributed by atoms with E-state index in [0.29, 0.717) is 5.56 Å². The number of carbonyl (C=O) groups is 1. The monoisotopic (exact) mass is 247 g/mol. The van der Waals surface area contributed by atoms with E-state index in [-0.39, 0.29) is 12.3 Å². The number of carbonyl (C=O) groups excluding carboxylic acids is 1. The van der Waals surface area contributed by atoms with E-state index < -0.39 is 7.25 Å². The number of benzene rings is 1. The lowest BCUT2D eigenvalue weighted by atomic mass is 10.1. The van der Waals surface area contributed by atoms with Crippen LogP contribution in [0.1, 0.15) is 17.3 Å². The SMILES string of the molecule is CC#[N+]CC(=O)c1ccccc1.F[B-](F)(F)F. The molecule has 0 spiro atoms. The van der Waals surface area contributed by atoms with E-state index >= 15 is 0 Å². The molecule has 0 N–H and O–H groups in total. The summed E-state index contributed by atoms with van der Waals surface area (Å²) in [5.41, 5.74) is 0.705. The number of rotatable bonds is 2. The van der Waals surface area contributed by atoms with Crippen molar-refractivity contribution in [2.24, 2.45) is 0 Å². The first-order valence-corrected chi connectivity index (χ1v) is 4.63. The largest absolute Gasteiger partial charge is 0.673 e. The Hall–Kier alpha value is -1.84. The van der Waals surface area contributed by atoms with Gasteiger partial charge < -0.3 is 17.3 Å². The van der Waals surface area contributed by atoms with Crippen LogP contribution in [-0.2, 0) is 0 Å². The first-order chi connectivity index (χ1) is 7.84. The van der Waals surface area contributed by atoms with Gasteiger partial charge in [0.2, 0.25) is 5.78 Å². The van der Waals surface area contributed by atoms with E-state index in [1.807, 2.05) is 18.2 Å². The lowest BCUT2D eigenvalue weighted by Crippen LogP contribution is -2.02. The fourth-order valence-electron chi connectivity index (χ4n) is 0.866. The maximum Gasteiger partial charge on any atom is 0.673 e. The molecule has 7 heteroatoms. The third-order valence-electron chi connectivity index (χ3n) is 1.48. The fourth-order valence-corrected chi connectivity index (χ4v) is 0.866. The molecule has 0 bridgehead atoms. The van der Waals surface area contributed by atoms with Crippen molar-refractivity contribution in [2.45, 2.75) is 6.92 Å². The lowest BCUT2D eigenvalue weighted by Gasteiger charge is -1.94. The summed E-state index contributed by atoms with van der Waals surface area (Å²) in [7, 11) is -6.00. The van der Waals surface area contributed by atoms with Gasteiger partial charge in [-0.15, -0.1) is 0 Å². The minimum Gasteiger partial charge on any atom is -0.418 e. The van der Waals surface area contributed by atoms with Crippen molar-refractivity contribution >= 4 is 13.0 Å². The van der Waals surface area contributed by atoms with Crippen LogP contribution < -0.4 is 0 Å². The fraction of sp³-hybridized carbons (Fsp3) is 0.200. The Bertz CT molecular complexity index is 402. The van der Waals surface area contributed by atoms with Gasteiger partial charge in [0.15, 0.2) is 0 Å². The van der Waals surface area contributed by atoms with Crippen LogP contribution in [0.25, 0.3) is 4.85 Å². The molecule has 0 aliphatic heterocycles. The summed E-state index contributed by atoms with van der Waals surface area (Å²) < 4.78 is 39.0. The number of ketones is 1. The Morgan fingerprint density at radius 1 is 1.24 bits per heavy atom. The molecule has 0 unspecified atom stereocenters. The van der Waals surface area contributed by atoms with Gasteiger partial charge in [0.1, 0.15) is 0 Å². The molecule has 0 amide bonds. The van der Waals surface area contributed by atoms with Gasteiger partial charge in [-0.05, 0) is 0 Å².